The van der Waals surface area contributed by atoms with Gasteiger partial charge in [-0.05, 0) is 36.6 Å². The molecule has 0 saturated carbocycles. The third-order valence-corrected chi connectivity index (χ3v) is 3.98. The molecule has 4 heteroatoms. The van der Waals surface area contributed by atoms with Crippen LogP contribution in [0.3, 0.4) is 0 Å². The zero-order chi connectivity index (χ0) is 12.1. The maximum absolute atomic E-state index is 13.0. The highest BCUT2D eigenvalue weighted by atomic mass is 32.2. The summed E-state index contributed by atoms with van der Waals surface area (Å²) >= 11 is 0. The van der Waals surface area contributed by atoms with Crippen molar-refractivity contribution in [1.29, 1.82) is 0 Å². The summed E-state index contributed by atoms with van der Waals surface area (Å²) in [4.78, 5) is 0. The predicted octanol–water partition coefficient (Wildman–Crippen LogP) is 2.12. The van der Waals surface area contributed by atoms with Crippen LogP contribution in [-0.2, 0) is 16.6 Å². The lowest BCUT2D eigenvalue weighted by atomic mass is 10.1. The fourth-order valence-electron chi connectivity index (χ4n) is 1.38. The molecule has 0 spiro atoms. The van der Waals surface area contributed by atoms with E-state index in [4.69, 9.17) is 5.73 Å². The molecule has 0 aliphatic heterocycles. The Bertz CT molecular complexity index is 381. The van der Waals surface area contributed by atoms with E-state index >= 15 is 0 Å². The average molecular weight is 243 g/mol. The van der Waals surface area contributed by atoms with Gasteiger partial charge in [-0.3, -0.25) is 4.21 Å². The molecule has 0 aromatic heterocycles. The minimum atomic E-state index is -1.01. The van der Waals surface area contributed by atoms with Gasteiger partial charge in [0.05, 0.1) is 0 Å². The van der Waals surface area contributed by atoms with Crippen molar-refractivity contribution in [3.63, 3.8) is 0 Å². The number of benzene rings is 1. The summed E-state index contributed by atoms with van der Waals surface area (Å²) < 4.78 is 24.8. The van der Waals surface area contributed by atoms with Crippen LogP contribution in [0.1, 0.15) is 24.5 Å². The summed E-state index contributed by atoms with van der Waals surface area (Å²) in [6, 6.07) is 4.54. The van der Waals surface area contributed by atoms with E-state index in [0.717, 1.165) is 17.5 Å². The Morgan fingerprint density at radius 1 is 1.50 bits per heavy atom. The molecule has 2 nitrogen and oxygen atoms in total. The summed E-state index contributed by atoms with van der Waals surface area (Å²) in [6.07, 6.45) is 0.813. The molecular weight excluding hydrogens is 225 g/mol. The number of hydrogen-bond acceptors (Lipinski definition) is 2. The highest BCUT2D eigenvalue weighted by Crippen LogP contribution is 2.13. The lowest BCUT2D eigenvalue weighted by molar-refractivity contribution is 0.625. The van der Waals surface area contributed by atoms with Crippen LogP contribution in [0.2, 0.25) is 0 Å². The number of hydrogen-bond donors (Lipinski definition) is 1. The minimum Gasteiger partial charge on any atom is -0.327 e. The second kappa shape index (κ2) is 6.11. The molecule has 16 heavy (non-hydrogen) atoms. The van der Waals surface area contributed by atoms with Crippen molar-refractivity contribution >= 4 is 10.8 Å². The zero-order valence-electron chi connectivity index (χ0n) is 9.70. The van der Waals surface area contributed by atoms with Gasteiger partial charge in [-0.1, -0.05) is 13.0 Å². The van der Waals surface area contributed by atoms with Gasteiger partial charge in [0, 0.05) is 28.3 Å². The van der Waals surface area contributed by atoms with Crippen LogP contribution >= 0.6 is 0 Å². The third kappa shape index (κ3) is 4.02. The molecule has 2 atom stereocenters. The highest BCUT2D eigenvalue weighted by molar-refractivity contribution is 7.84. The Balaban J connectivity index is 2.65. The first kappa shape index (κ1) is 13.3. The quantitative estimate of drug-likeness (QED) is 0.860. The molecule has 1 aromatic rings. The topological polar surface area (TPSA) is 43.1 Å². The maximum Gasteiger partial charge on any atom is 0.123 e. The molecule has 2 N–H and O–H groups in total. The third-order valence-electron chi connectivity index (χ3n) is 2.55. The smallest absolute Gasteiger partial charge is 0.123 e. The van der Waals surface area contributed by atoms with Crippen molar-refractivity contribution in [1.82, 2.24) is 0 Å². The summed E-state index contributed by atoms with van der Waals surface area (Å²) in [5, 5.41) is 0. The van der Waals surface area contributed by atoms with Crippen molar-refractivity contribution in [2.24, 2.45) is 5.73 Å². The molecule has 0 amide bonds. The van der Waals surface area contributed by atoms with Crippen molar-refractivity contribution in [2.75, 3.05) is 5.75 Å². The first-order valence-electron chi connectivity index (χ1n) is 5.38. The number of aryl methyl sites for hydroxylation is 1. The van der Waals surface area contributed by atoms with Crippen LogP contribution in [0.15, 0.2) is 18.2 Å². The van der Waals surface area contributed by atoms with E-state index in [-0.39, 0.29) is 11.9 Å². The molecule has 0 aliphatic carbocycles. The van der Waals surface area contributed by atoms with Gasteiger partial charge in [-0.25, -0.2) is 4.39 Å². The number of halogens is 1. The van der Waals surface area contributed by atoms with Gasteiger partial charge in [-0.15, -0.1) is 0 Å². The lowest BCUT2D eigenvalue weighted by Crippen LogP contribution is -2.26. The van der Waals surface area contributed by atoms with Gasteiger partial charge in [0.15, 0.2) is 0 Å². The number of nitrogens with two attached hydrogens (primary N) is 1. The molecule has 90 valence electrons. The molecule has 0 saturated heterocycles. The van der Waals surface area contributed by atoms with Crippen molar-refractivity contribution in [3.05, 3.63) is 35.1 Å². The summed E-state index contributed by atoms with van der Waals surface area (Å²) in [6.45, 7) is 3.86. The summed E-state index contributed by atoms with van der Waals surface area (Å²) in [5.74, 6) is 0.585. The Morgan fingerprint density at radius 2 is 2.19 bits per heavy atom. The normalized spacial score (nSPS) is 14.8. The van der Waals surface area contributed by atoms with Gasteiger partial charge in [0.25, 0.3) is 0 Å². The van der Waals surface area contributed by atoms with Crippen LogP contribution in [0.25, 0.3) is 0 Å². The number of rotatable bonds is 5. The molecule has 0 aliphatic rings. The molecule has 0 bridgehead atoms. The van der Waals surface area contributed by atoms with Gasteiger partial charge >= 0.3 is 0 Å². The fourth-order valence-corrected chi connectivity index (χ4v) is 2.87. The zero-order valence-corrected chi connectivity index (χ0v) is 10.5. The maximum atomic E-state index is 13.0. The van der Waals surface area contributed by atoms with Crippen molar-refractivity contribution in [3.8, 4) is 0 Å². The van der Waals surface area contributed by atoms with E-state index in [1.807, 2.05) is 13.8 Å². The monoisotopic (exact) mass is 243 g/mol. The molecule has 0 heterocycles. The molecule has 1 aromatic carbocycles. The minimum absolute atomic E-state index is 0.0327. The first-order valence-corrected chi connectivity index (χ1v) is 6.87. The van der Waals surface area contributed by atoms with Crippen LogP contribution in [0.4, 0.5) is 4.39 Å². The molecule has 1 rings (SSSR count). The average Bonchev–Trinajstić information content (AvgIpc) is 2.23. The second-order valence-electron chi connectivity index (χ2n) is 3.99. The van der Waals surface area contributed by atoms with Crippen LogP contribution < -0.4 is 5.73 Å². The molecule has 2 unspecified atom stereocenters. The van der Waals surface area contributed by atoms with Gasteiger partial charge in [0.1, 0.15) is 5.82 Å². The van der Waals surface area contributed by atoms with E-state index < -0.39 is 10.8 Å². The van der Waals surface area contributed by atoms with Crippen LogP contribution in [0.5, 0.6) is 0 Å². The first-order chi connectivity index (χ1) is 7.52. The van der Waals surface area contributed by atoms with Crippen LogP contribution in [0, 0.1) is 12.7 Å². The highest BCUT2D eigenvalue weighted by Gasteiger charge is 2.09. The molecular formula is C12H18FNOS. The Labute approximate surface area is 98.5 Å². The Morgan fingerprint density at radius 3 is 2.81 bits per heavy atom. The van der Waals surface area contributed by atoms with E-state index in [0.29, 0.717) is 11.5 Å². The van der Waals surface area contributed by atoms with Gasteiger partial charge < -0.3 is 5.73 Å². The summed E-state index contributed by atoms with van der Waals surface area (Å²) in [7, 11) is -1.01. The van der Waals surface area contributed by atoms with Gasteiger partial charge in [0.2, 0.25) is 0 Å². The van der Waals surface area contributed by atoms with Crippen molar-refractivity contribution < 1.29 is 8.60 Å². The SMILES string of the molecule is CCC(N)CS(=O)Cc1cc(F)ccc1C. The Kier molecular flexibility index (Phi) is 5.09. The van der Waals surface area contributed by atoms with Crippen LogP contribution in [-0.4, -0.2) is 16.0 Å². The Hall–Kier alpha value is -0.740. The van der Waals surface area contributed by atoms with Gasteiger partial charge in [-0.2, -0.15) is 0 Å². The summed E-state index contributed by atoms with van der Waals surface area (Å²) in [5.41, 5.74) is 7.51. The largest absolute Gasteiger partial charge is 0.327 e. The molecule has 0 fully saturated rings. The van der Waals surface area contributed by atoms with E-state index in [1.165, 1.54) is 12.1 Å². The second-order valence-corrected chi connectivity index (χ2v) is 5.49. The lowest BCUT2D eigenvalue weighted by Gasteiger charge is -2.09. The predicted molar refractivity (Wildman–Crippen MR) is 66.1 cm³/mol. The molecule has 0 radical (unpaired) electrons. The van der Waals surface area contributed by atoms with Crippen molar-refractivity contribution in [2.45, 2.75) is 32.1 Å². The van der Waals surface area contributed by atoms with E-state index in [1.54, 1.807) is 6.07 Å². The van der Waals surface area contributed by atoms with E-state index in [2.05, 4.69) is 0 Å². The standard InChI is InChI=1S/C12H18FNOS/c1-3-12(14)8-16(15)7-10-6-11(13)5-4-9(10)2/h4-6,12H,3,7-8,14H2,1-2H3. The van der Waals surface area contributed by atoms with E-state index in [9.17, 15) is 8.60 Å². The fraction of sp³-hybridized carbons (Fsp3) is 0.500.